The Hall–Kier alpha value is -1.08. The van der Waals surface area contributed by atoms with Crippen LogP contribution in [0, 0.1) is 17.2 Å². The van der Waals surface area contributed by atoms with E-state index in [2.05, 4.69) is 0 Å². The van der Waals surface area contributed by atoms with E-state index in [1.54, 1.807) is 20.9 Å². The summed E-state index contributed by atoms with van der Waals surface area (Å²) in [5, 5.41) is 17.6. The number of rotatable bonds is 4. The van der Waals surface area contributed by atoms with Gasteiger partial charge >= 0.3 is 0 Å². The number of hydrogen-bond acceptors (Lipinski definition) is 3. The van der Waals surface area contributed by atoms with Gasteiger partial charge in [0, 0.05) is 13.6 Å². The van der Waals surface area contributed by atoms with Gasteiger partial charge in [-0.25, -0.2) is 0 Å². The molecule has 2 atom stereocenters. The Kier molecular flexibility index (Phi) is 5.09. The van der Waals surface area contributed by atoms with Gasteiger partial charge in [-0.1, -0.05) is 6.92 Å². The lowest BCUT2D eigenvalue weighted by Gasteiger charge is -2.20. The second kappa shape index (κ2) is 5.55. The van der Waals surface area contributed by atoms with Crippen molar-refractivity contribution in [1.29, 1.82) is 5.26 Å². The van der Waals surface area contributed by atoms with Gasteiger partial charge in [-0.2, -0.15) is 5.26 Å². The van der Waals surface area contributed by atoms with Crippen molar-refractivity contribution in [3.8, 4) is 6.07 Å². The Bertz CT molecular complexity index is 208. The second-order valence-electron chi connectivity index (χ2n) is 3.16. The van der Waals surface area contributed by atoms with Crippen LogP contribution in [-0.2, 0) is 4.79 Å². The molecular formula is C9H16N2O2. The Morgan fingerprint density at radius 2 is 2.23 bits per heavy atom. The van der Waals surface area contributed by atoms with Crippen LogP contribution in [0.5, 0.6) is 0 Å². The Morgan fingerprint density at radius 1 is 1.69 bits per heavy atom. The number of hydrogen-bond donors (Lipinski definition) is 1. The minimum Gasteiger partial charge on any atom is -0.392 e. The normalized spacial score (nSPS) is 14.4. The number of carbonyl (C=O) groups is 1. The molecule has 0 saturated carbocycles. The van der Waals surface area contributed by atoms with Gasteiger partial charge < -0.3 is 10.0 Å². The molecule has 0 radical (unpaired) electrons. The van der Waals surface area contributed by atoms with Crippen LogP contribution in [0.15, 0.2) is 0 Å². The minimum atomic E-state index is -0.580. The average Bonchev–Trinajstić information content (AvgIpc) is 2.05. The molecule has 0 bridgehead atoms. The van der Waals surface area contributed by atoms with Crippen LogP contribution in [0.25, 0.3) is 0 Å². The molecule has 0 aliphatic rings. The van der Waals surface area contributed by atoms with E-state index in [0.29, 0.717) is 6.42 Å². The second-order valence-corrected chi connectivity index (χ2v) is 3.16. The smallest absolute Gasteiger partial charge is 0.239 e. The Morgan fingerprint density at radius 3 is 2.54 bits per heavy atom. The third kappa shape index (κ3) is 3.90. The zero-order chi connectivity index (χ0) is 10.4. The van der Waals surface area contributed by atoms with Crippen molar-refractivity contribution in [2.45, 2.75) is 26.4 Å². The monoisotopic (exact) mass is 184 g/mol. The van der Waals surface area contributed by atoms with Crippen molar-refractivity contribution >= 4 is 5.91 Å². The first-order valence-corrected chi connectivity index (χ1v) is 4.35. The lowest BCUT2D eigenvalue weighted by Crippen LogP contribution is -2.36. The Labute approximate surface area is 78.8 Å². The number of amides is 1. The summed E-state index contributed by atoms with van der Waals surface area (Å²) < 4.78 is 0. The number of likely N-dealkylation sites (N-methyl/N-ethyl adjacent to an activating group) is 1. The van der Waals surface area contributed by atoms with Crippen molar-refractivity contribution in [1.82, 2.24) is 4.90 Å². The summed E-state index contributed by atoms with van der Waals surface area (Å²) in [5.74, 6) is -0.797. The Balaban J connectivity index is 4.17. The van der Waals surface area contributed by atoms with Gasteiger partial charge in [-0.3, -0.25) is 4.79 Å². The van der Waals surface area contributed by atoms with Crippen LogP contribution < -0.4 is 0 Å². The fourth-order valence-electron chi connectivity index (χ4n) is 1.07. The zero-order valence-electron chi connectivity index (χ0n) is 8.32. The standard InChI is InChI=1S/C9H16N2O2/c1-4-8(5-10)9(13)11(3)6-7(2)12/h7-8,12H,4,6H2,1-3H3. The SMILES string of the molecule is CCC(C#N)C(=O)N(C)CC(C)O. The van der Waals surface area contributed by atoms with Crippen molar-refractivity contribution < 1.29 is 9.90 Å². The van der Waals surface area contributed by atoms with E-state index >= 15 is 0 Å². The molecule has 1 amide bonds. The van der Waals surface area contributed by atoms with E-state index in [1.165, 1.54) is 4.90 Å². The van der Waals surface area contributed by atoms with Crippen LogP contribution in [0.3, 0.4) is 0 Å². The van der Waals surface area contributed by atoms with Crippen molar-refractivity contribution in [2.75, 3.05) is 13.6 Å². The number of carbonyl (C=O) groups excluding carboxylic acids is 1. The summed E-state index contributed by atoms with van der Waals surface area (Å²) in [6, 6.07) is 1.93. The molecule has 2 unspecified atom stereocenters. The first-order chi connectivity index (χ1) is 6.02. The highest BCUT2D eigenvalue weighted by atomic mass is 16.3. The summed E-state index contributed by atoms with van der Waals surface area (Å²) in [4.78, 5) is 12.8. The lowest BCUT2D eigenvalue weighted by molar-refractivity contribution is -0.133. The van der Waals surface area contributed by atoms with Crippen molar-refractivity contribution in [3.05, 3.63) is 0 Å². The summed E-state index contributed by atoms with van der Waals surface area (Å²) in [6.07, 6.45) is -0.0374. The highest BCUT2D eigenvalue weighted by Gasteiger charge is 2.20. The van der Waals surface area contributed by atoms with E-state index in [4.69, 9.17) is 10.4 Å². The fraction of sp³-hybridized carbons (Fsp3) is 0.778. The zero-order valence-corrected chi connectivity index (χ0v) is 8.32. The third-order valence-electron chi connectivity index (χ3n) is 1.78. The molecule has 0 heterocycles. The maximum Gasteiger partial charge on any atom is 0.239 e. The van der Waals surface area contributed by atoms with E-state index in [1.807, 2.05) is 6.07 Å². The van der Waals surface area contributed by atoms with Gasteiger partial charge in [0.05, 0.1) is 12.2 Å². The molecular weight excluding hydrogens is 168 g/mol. The van der Waals surface area contributed by atoms with Gasteiger partial charge in [0.25, 0.3) is 0 Å². The first kappa shape index (κ1) is 11.9. The molecule has 0 fully saturated rings. The van der Waals surface area contributed by atoms with Crippen LogP contribution >= 0.6 is 0 Å². The van der Waals surface area contributed by atoms with Gasteiger partial charge in [0.15, 0.2) is 0 Å². The highest BCUT2D eigenvalue weighted by molar-refractivity contribution is 5.80. The summed E-state index contributed by atoms with van der Waals surface area (Å²) in [5.41, 5.74) is 0. The van der Waals surface area contributed by atoms with Crippen LogP contribution in [0.1, 0.15) is 20.3 Å². The van der Waals surface area contributed by atoms with E-state index in [9.17, 15) is 4.79 Å². The molecule has 0 aromatic carbocycles. The van der Waals surface area contributed by atoms with Gasteiger partial charge in [-0.05, 0) is 13.3 Å². The maximum atomic E-state index is 11.4. The fourth-order valence-corrected chi connectivity index (χ4v) is 1.07. The molecule has 0 aliphatic heterocycles. The number of nitriles is 1. The van der Waals surface area contributed by atoms with E-state index in [-0.39, 0.29) is 12.5 Å². The molecule has 0 aromatic heterocycles. The lowest BCUT2D eigenvalue weighted by atomic mass is 10.1. The van der Waals surface area contributed by atoms with Crippen molar-refractivity contribution in [3.63, 3.8) is 0 Å². The van der Waals surface area contributed by atoms with E-state index < -0.39 is 12.0 Å². The van der Waals surface area contributed by atoms with Crippen LogP contribution in [0.4, 0.5) is 0 Å². The molecule has 0 aliphatic carbocycles. The predicted octanol–water partition coefficient (Wildman–Crippen LogP) is 0.375. The van der Waals surface area contributed by atoms with Gasteiger partial charge in [0.1, 0.15) is 5.92 Å². The summed E-state index contributed by atoms with van der Waals surface area (Å²) in [6.45, 7) is 3.68. The molecule has 0 spiro atoms. The predicted molar refractivity (Wildman–Crippen MR) is 48.7 cm³/mol. The molecule has 4 heteroatoms. The first-order valence-electron chi connectivity index (χ1n) is 4.35. The van der Waals surface area contributed by atoms with Crippen molar-refractivity contribution in [2.24, 2.45) is 5.92 Å². The molecule has 4 nitrogen and oxygen atoms in total. The van der Waals surface area contributed by atoms with Crippen LogP contribution in [0.2, 0.25) is 0 Å². The molecule has 0 aromatic rings. The summed E-state index contributed by atoms with van der Waals surface area (Å²) in [7, 11) is 1.59. The average molecular weight is 184 g/mol. The molecule has 0 saturated heterocycles. The molecule has 74 valence electrons. The molecule has 13 heavy (non-hydrogen) atoms. The number of aliphatic hydroxyl groups is 1. The van der Waals surface area contributed by atoms with E-state index in [0.717, 1.165) is 0 Å². The summed E-state index contributed by atoms with van der Waals surface area (Å²) >= 11 is 0. The number of aliphatic hydroxyl groups excluding tert-OH is 1. The highest BCUT2D eigenvalue weighted by Crippen LogP contribution is 2.05. The van der Waals surface area contributed by atoms with Crippen LogP contribution in [-0.4, -0.2) is 35.6 Å². The quantitative estimate of drug-likeness (QED) is 0.686. The third-order valence-corrected chi connectivity index (χ3v) is 1.78. The largest absolute Gasteiger partial charge is 0.392 e. The van der Waals surface area contributed by atoms with Gasteiger partial charge in [0.2, 0.25) is 5.91 Å². The minimum absolute atomic E-state index is 0.217. The molecule has 0 rings (SSSR count). The molecule has 1 N–H and O–H groups in total. The maximum absolute atomic E-state index is 11.4. The topological polar surface area (TPSA) is 64.3 Å². The number of nitrogens with zero attached hydrogens (tertiary/aromatic N) is 2. The van der Waals surface area contributed by atoms with Gasteiger partial charge in [-0.15, -0.1) is 0 Å².